The first-order valence-electron chi connectivity index (χ1n) is 6.87. The van der Waals surface area contributed by atoms with Crippen molar-refractivity contribution in [1.82, 2.24) is 0 Å². The first-order valence-corrected chi connectivity index (χ1v) is 6.87. The summed E-state index contributed by atoms with van der Waals surface area (Å²) < 4.78 is 16.3. The summed E-state index contributed by atoms with van der Waals surface area (Å²) in [5, 5.41) is 9.74. The molecule has 0 saturated carbocycles. The van der Waals surface area contributed by atoms with Crippen LogP contribution in [0.4, 0.5) is 0 Å². The van der Waals surface area contributed by atoms with Crippen molar-refractivity contribution in [1.29, 1.82) is 0 Å². The zero-order valence-corrected chi connectivity index (χ0v) is 12.5. The van der Waals surface area contributed by atoms with Crippen molar-refractivity contribution in [3.8, 4) is 17.2 Å². The van der Waals surface area contributed by atoms with Gasteiger partial charge in [-0.1, -0.05) is 6.92 Å². The normalized spacial score (nSPS) is 26.5. The summed E-state index contributed by atoms with van der Waals surface area (Å²) in [6.07, 6.45) is 1.48. The van der Waals surface area contributed by atoms with Crippen LogP contribution in [0.1, 0.15) is 23.7 Å². The molecule has 0 fully saturated rings. The summed E-state index contributed by atoms with van der Waals surface area (Å²) in [7, 11) is 2.81. The van der Waals surface area contributed by atoms with E-state index in [2.05, 4.69) is 0 Å². The molecule has 1 aromatic carbocycles. The molecule has 1 spiro atoms. The minimum Gasteiger partial charge on any atom is -0.508 e. The standard InChI is InChI=1S/C16H16O6/c1-8-4-9(17)7-13(21-3)16(8)15(19)14-11(20-2)5-10(18)6-12(14)22-16/h5-8,18H,4H2,1-3H3. The number of ketones is 2. The molecule has 1 heterocycles. The number of phenols is 1. The Morgan fingerprint density at radius 1 is 1.27 bits per heavy atom. The van der Waals surface area contributed by atoms with Crippen LogP contribution >= 0.6 is 0 Å². The van der Waals surface area contributed by atoms with E-state index in [0.29, 0.717) is 0 Å². The fourth-order valence-electron chi connectivity index (χ4n) is 3.14. The van der Waals surface area contributed by atoms with Gasteiger partial charge in [0, 0.05) is 30.5 Å². The Hall–Kier alpha value is -2.50. The van der Waals surface area contributed by atoms with Crippen LogP contribution in [0.25, 0.3) is 0 Å². The minimum absolute atomic E-state index is 0.0667. The molecule has 6 nitrogen and oxygen atoms in total. The maximum atomic E-state index is 13.0. The third kappa shape index (κ3) is 1.73. The number of fused-ring (bicyclic) bond motifs is 1. The van der Waals surface area contributed by atoms with E-state index in [1.54, 1.807) is 6.92 Å². The highest BCUT2D eigenvalue weighted by atomic mass is 16.6. The van der Waals surface area contributed by atoms with Crippen LogP contribution < -0.4 is 9.47 Å². The Bertz CT molecular complexity index is 705. The van der Waals surface area contributed by atoms with Crippen molar-refractivity contribution in [2.45, 2.75) is 18.9 Å². The van der Waals surface area contributed by atoms with Gasteiger partial charge >= 0.3 is 0 Å². The molecule has 1 aromatic rings. The molecule has 6 heteroatoms. The Morgan fingerprint density at radius 3 is 2.64 bits per heavy atom. The Kier molecular flexibility index (Phi) is 3.12. The second-order valence-electron chi connectivity index (χ2n) is 5.47. The van der Waals surface area contributed by atoms with Crippen LogP contribution in [-0.4, -0.2) is 36.5 Å². The first-order chi connectivity index (χ1) is 10.4. The second-order valence-corrected chi connectivity index (χ2v) is 5.47. The number of ether oxygens (including phenoxy) is 3. The molecule has 22 heavy (non-hydrogen) atoms. The smallest absolute Gasteiger partial charge is 0.231 e. The third-order valence-electron chi connectivity index (χ3n) is 4.19. The summed E-state index contributed by atoms with van der Waals surface area (Å²) in [6.45, 7) is 1.76. The number of rotatable bonds is 2. The van der Waals surface area contributed by atoms with E-state index in [0.717, 1.165) is 0 Å². The summed E-state index contributed by atoms with van der Waals surface area (Å²) in [5.41, 5.74) is -1.13. The van der Waals surface area contributed by atoms with Gasteiger partial charge in [-0.2, -0.15) is 0 Å². The van der Waals surface area contributed by atoms with Crippen LogP contribution in [0.5, 0.6) is 17.2 Å². The van der Waals surface area contributed by atoms with Gasteiger partial charge in [0.15, 0.2) is 11.5 Å². The minimum atomic E-state index is -1.38. The molecule has 116 valence electrons. The van der Waals surface area contributed by atoms with Gasteiger partial charge in [-0.25, -0.2) is 0 Å². The Balaban J connectivity index is 2.21. The van der Waals surface area contributed by atoms with Crippen molar-refractivity contribution >= 4 is 11.6 Å². The van der Waals surface area contributed by atoms with Crippen molar-refractivity contribution < 1.29 is 28.9 Å². The predicted molar refractivity (Wildman–Crippen MR) is 76.2 cm³/mol. The van der Waals surface area contributed by atoms with E-state index in [-0.39, 0.29) is 46.6 Å². The zero-order chi connectivity index (χ0) is 16.1. The number of hydrogen-bond donors (Lipinski definition) is 1. The van der Waals surface area contributed by atoms with Gasteiger partial charge in [0.05, 0.1) is 14.2 Å². The van der Waals surface area contributed by atoms with E-state index in [1.165, 1.54) is 32.4 Å². The average molecular weight is 304 g/mol. The number of methoxy groups -OCH3 is 2. The number of Topliss-reactive ketones (excluding diaryl/α,β-unsaturated/α-hetero) is 1. The van der Waals surface area contributed by atoms with E-state index >= 15 is 0 Å². The molecular weight excluding hydrogens is 288 g/mol. The van der Waals surface area contributed by atoms with Gasteiger partial charge in [0.1, 0.15) is 22.8 Å². The molecule has 0 saturated heterocycles. The molecule has 2 unspecified atom stereocenters. The number of carbonyl (C=O) groups is 2. The van der Waals surface area contributed by atoms with E-state index < -0.39 is 11.5 Å². The largest absolute Gasteiger partial charge is 0.508 e. The molecular formula is C16H16O6. The van der Waals surface area contributed by atoms with Crippen LogP contribution in [0, 0.1) is 5.92 Å². The lowest BCUT2D eigenvalue weighted by atomic mass is 9.75. The van der Waals surface area contributed by atoms with Crippen molar-refractivity contribution in [2.24, 2.45) is 5.92 Å². The quantitative estimate of drug-likeness (QED) is 0.898. The monoisotopic (exact) mass is 304 g/mol. The molecule has 2 atom stereocenters. The summed E-state index contributed by atoms with van der Waals surface area (Å²) in [6, 6.07) is 2.72. The highest BCUT2D eigenvalue weighted by Crippen LogP contribution is 2.50. The molecule has 3 rings (SSSR count). The Morgan fingerprint density at radius 2 is 2.00 bits per heavy atom. The van der Waals surface area contributed by atoms with Crippen molar-refractivity contribution in [2.75, 3.05) is 14.2 Å². The lowest BCUT2D eigenvalue weighted by Crippen LogP contribution is -2.51. The lowest BCUT2D eigenvalue weighted by Gasteiger charge is -2.36. The van der Waals surface area contributed by atoms with Gasteiger partial charge in [-0.3, -0.25) is 9.59 Å². The maximum absolute atomic E-state index is 13.0. The van der Waals surface area contributed by atoms with Gasteiger partial charge in [0.25, 0.3) is 0 Å². The summed E-state index contributed by atoms with van der Waals surface area (Å²) >= 11 is 0. The number of allylic oxidation sites excluding steroid dienone is 1. The van der Waals surface area contributed by atoms with Crippen molar-refractivity contribution in [3.05, 3.63) is 29.5 Å². The molecule has 2 aliphatic rings. The average Bonchev–Trinajstić information content (AvgIpc) is 2.76. The lowest BCUT2D eigenvalue weighted by molar-refractivity contribution is -0.118. The fraction of sp³-hybridized carbons (Fsp3) is 0.375. The number of aromatic hydroxyl groups is 1. The van der Waals surface area contributed by atoms with Crippen molar-refractivity contribution in [3.63, 3.8) is 0 Å². The number of phenolic OH excluding ortho intramolecular Hbond substituents is 1. The van der Waals surface area contributed by atoms with Crippen LogP contribution in [0.3, 0.4) is 0 Å². The zero-order valence-electron chi connectivity index (χ0n) is 12.5. The third-order valence-corrected chi connectivity index (χ3v) is 4.19. The molecule has 0 amide bonds. The molecule has 1 aliphatic heterocycles. The second kappa shape index (κ2) is 4.76. The van der Waals surface area contributed by atoms with Gasteiger partial charge in [0.2, 0.25) is 11.4 Å². The molecule has 0 radical (unpaired) electrons. The van der Waals surface area contributed by atoms with E-state index in [4.69, 9.17) is 14.2 Å². The molecule has 1 aliphatic carbocycles. The van der Waals surface area contributed by atoms with Crippen LogP contribution in [0.15, 0.2) is 24.0 Å². The summed E-state index contributed by atoms with van der Waals surface area (Å²) in [4.78, 5) is 24.8. The topological polar surface area (TPSA) is 82.1 Å². The maximum Gasteiger partial charge on any atom is 0.231 e. The Labute approximate surface area is 127 Å². The first kappa shape index (κ1) is 14.4. The van der Waals surface area contributed by atoms with E-state index in [1.807, 2.05) is 0 Å². The molecule has 0 bridgehead atoms. The molecule has 0 aromatic heterocycles. The predicted octanol–water partition coefficient (Wildman–Crippen LogP) is 1.85. The summed E-state index contributed by atoms with van der Waals surface area (Å²) in [5.74, 6) is -0.263. The van der Waals surface area contributed by atoms with E-state index in [9.17, 15) is 14.7 Å². The number of benzene rings is 1. The van der Waals surface area contributed by atoms with Gasteiger partial charge < -0.3 is 19.3 Å². The SMILES string of the molecule is COC1=CC(=O)CC(C)C12Oc1cc(O)cc(OC)c1C2=O. The van der Waals surface area contributed by atoms with Crippen LogP contribution in [-0.2, 0) is 9.53 Å². The van der Waals surface area contributed by atoms with Crippen LogP contribution in [0.2, 0.25) is 0 Å². The fourth-order valence-corrected chi connectivity index (χ4v) is 3.14. The number of hydrogen-bond acceptors (Lipinski definition) is 6. The highest BCUT2D eigenvalue weighted by Gasteiger charge is 2.59. The highest BCUT2D eigenvalue weighted by molar-refractivity contribution is 6.13. The van der Waals surface area contributed by atoms with Gasteiger partial charge in [-0.15, -0.1) is 0 Å². The number of carbonyl (C=O) groups excluding carboxylic acids is 2. The van der Waals surface area contributed by atoms with Gasteiger partial charge in [-0.05, 0) is 0 Å². The molecule has 1 N–H and O–H groups in total.